The van der Waals surface area contributed by atoms with Crippen molar-refractivity contribution in [2.75, 3.05) is 5.32 Å². The molecule has 3 heterocycles. The summed E-state index contributed by atoms with van der Waals surface area (Å²) in [6, 6.07) is 13.6. The maximum Gasteiger partial charge on any atom is 0.331 e. The maximum atomic E-state index is 13.0. The third-order valence-electron chi connectivity index (χ3n) is 5.53. The van der Waals surface area contributed by atoms with Gasteiger partial charge in [-0.2, -0.15) is 5.10 Å². The van der Waals surface area contributed by atoms with Crippen LogP contribution in [-0.4, -0.2) is 34.8 Å². The predicted octanol–water partition coefficient (Wildman–Crippen LogP) is 1.24. The van der Waals surface area contributed by atoms with Crippen LogP contribution in [0.1, 0.15) is 6.92 Å². The summed E-state index contributed by atoms with van der Waals surface area (Å²) in [5.74, 6) is -0.469. The highest BCUT2D eigenvalue weighted by Crippen LogP contribution is 2.22. The highest BCUT2D eigenvalue weighted by Gasteiger charge is 2.17. The van der Waals surface area contributed by atoms with E-state index in [-0.39, 0.29) is 18.6 Å². The van der Waals surface area contributed by atoms with E-state index in [9.17, 15) is 19.2 Å². The lowest BCUT2D eigenvalue weighted by atomic mass is 10.2. The molecule has 0 unspecified atom stereocenters. The van der Waals surface area contributed by atoms with Crippen LogP contribution >= 0.6 is 0 Å². The topological polar surface area (TPSA) is 137 Å². The number of amides is 1. The quantitative estimate of drug-likeness (QED) is 0.408. The summed E-state index contributed by atoms with van der Waals surface area (Å²) in [6.45, 7) is 1.59. The van der Waals surface area contributed by atoms with Gasteiger partial charge in [-0.05, 0) is 31.2 Å². The van der Waals surface area contributed by atoms with Crippen LogP contribution < -0.4 is 22.1 Å². The number of hydrogen-bond acceptors (Lipinski definition) is 6. The number of aromatic amines is 1. The summed E-state index contributed by atoms with van der Waals surface area (Å²) >= 11 is 0. The number of rotatable bonds is 5. The molecule has 5 rings (SSSR count). The van der Waals surface area contributed by atoms with Crippen LogP contribution in [0.25, 0.3) is 27.6 Å². The van der Waals surface area contributed by atoms with E-state index in [1.165, 1.54) is 21.8 Å². The van der Waals surface area contributed by atoms with Crippen LogP contribution in [0.2, 0.25) is 0 Å². The molecule has 3 aromatic heterocycles. The van der Waals surface area contributed by atoms with Crippen molar-refractivity contribution in [1.29, 1.82) is 0 Å². The standard InChI is InChI=1S/C23H19N7O4/c1-2-28-22(33)14-7-3-5-9-17(14)29(23(28)34)12-19(31)27-16-8-4-6-10-18(16)30-20-15(11-26-30)21(32)25-13-24-20/h3-11,13H,2,12H2,1H3,(H,27,31)(H,24,25,32). The van der Waals surface area contributed by atoms with E-state index >= 15 is 0 Å². The minimum absolute atomic E-state index is 0.186. The molecule has 0 aliphatic rings. The molecule has 0 fully saturated rings. The summed E-state index contributed by atoms with van der Waals surface area (Å²) in [7, 11) is 0. The average Bonchev–Trinajstić information content (AvgIpc) is 3.28. The number of H-pyrrole nitrogens is 1. The van der Waals surface area contributed by atoms with Gasteiger partial charge in [0.15, 0.2) is 5.65 Å². The van der Waals surface area contributed by atoms with Crippen molar-refractivity contribution < 1.29 is 4.79 Å². The van der Waals surface area contributed by atoms with Gasteiger partial charge in [-0.15, -0.1) is 0 Å². The highest BCUT2D eigenvalue weighted by atomic mass is 16.2. The smallest absolute Gasteiger partial charge is 0.323 e. The minimum atomic E-state index is -0.559. The van der Waals surface area contributed by atoms with Crippen LogP contribution in [0.3, 0.4) is 0 Å². The molecule has 1 amide bonds. The zero-order valence-corrected chi connectivity index (χ0v) is 18.1. The lowest BCUT2D eigenvalue weighted by Gasteiger charge is -2.15. The Morgan fingerprint density at radius 3 is 2.59 bits per heavy atom. The van der Waals surface area contributed by atoms with E-state index in [0.29, 0.717) is 33.3 Å². The molecule has 0 saturated carbocycles. The molecular formula is C23H19N7O4. The van der Waals surface area contributed by atoms with E-state index in [0.717, 1.165) is 4.57 Å². The van der Waals surface area contributed by atoms with E-state index in [1.807, 2.05) is 0 Å². The summed E-state index contributed by atoms with van der Waals surface area (Å²) in [5.41, 5.74) is 0.361. The molecule has 0 radical (unpaired) electrons. The van der Waals surface area contributed by atoms with Crippen molar-refractivity contribution in [3.63, 3.8) is 0 Å². The number of carbonyl (C=O) groups excluding carboxylic acids is 1. The lowest BCUT2D eigenvalue weighted by molar-refractivity contribution is -0.116. The van der Waals surface area contributed by atoms with E-state index < -0.39 is 17.2 Å². The second-order valence-corrected chi connectivity index (χ2v) is 7.53. The number of fused-ring (bicyclic) bond motifs is 2. The van der Waals surface area contributed by atoms with E-state index in [4.69, 9.17) is 0 Å². The average molecular weight is 457 g/mol. The Morgan fingerprint density at radius 2 is 1.76 bits per heavy atom. The molecule has 0 spiro atoms. The molecule has 34 heavy (non-hydrogen) atoms. The van der Waals surface area contributed by atoms with Crippen LogP contribution in [0.15, 0.2) is 75.4 Å². The first-order valence-corrected chi connectivity index (χ1v) is 10.5. The first-order chi connectivity index (χ1) is 16.5. The summed E-state index contributed by atoms with van der Waals surface area (Å²) in [4.78, 5) is 57.3. The number of aromatic nitrogens is 6. The fraction of sp³-hybridized carbons (Fsp3) is 0.130. The molecule has 5 aromatic rings. The number of para-hydroxylation sites is 3. The number of anilines is 1. The molecule has 0 atom stereocenters. The second-order valence-electron chi connectivity index (χ2n) is 7.53. The van der Waals surface area contributed by atoms with Crippen molar-refractivity contribution in [3.8, 4) is 5.69 Å². The van der Waals surface area contributed by atoms with E-state index in [2.05, 4.69) is 20.4 Å². The van der Waals surface area contributed by atoms with Crippen molar-refractivity contribution in [2.24, 2.45) is 0 Å². The summed E-state index contributed by atoms with van der Waals surface area (Å²) in [6.07, 6.45) is 2.68. The monoisotopic (exact) mass is 457 g/mol. The first kappa shape index (κ1) is 21.1. The minimum Gasteiger partial charge on any atom is -0.323 e. The van der Waals surface area contributed by atoms with Gasteiger partial charge >= 0.3 is 5.69 Å². The zero-order valence-electron chi connectivity index (χ0n) is 18.1. The fourth-order valence-electron chi connectivity index (χ4n) is 3.93. The molecule has 0 aliphatic carbocycles. The van der Waals surface area contributed by atoms with E-state index in [1.54, 1.807) is 55.5 Å². The Balaban J connectivity index is 1.54. The van der Waals surface area contributed by atoms with Crippen molar-refractivity contribution in [2.45, 2.75) is 20.0 Å². The number of carbonyl (C=O) groups is 1. The van der Waals surface area contributed by atoms with Gasteiger partial charge in [0.05, 0.1) is 34.8 Å². The third kappa shape index (κ3) is 3.39. The number of nitrogens with one attached hydrogen (secondary N) is 2. The number of benzene rings is 2. The van der Waals surface area contributed by atoms with Gasteiger partial charge in [0, 0.05) is 6.54 Å². The molecule has 170 valence electrons. The SMILES string of the molecule is CCn1c(=O)c2ccccc2n(CC(=O)Nc2ccccc2-n2ncc3c(=O)[nH]cnc32)c1=O. The summed E-state index contributed by atoms with van der Waals surface area (Å²) in [5, 5.41) is 7.73. The largest absolute Gasteiger partial charge is 0.331 e. The zero-order chi connectivity index (χ0) is 23.8. The molecule has 11 nitrogen and oxygen atoms in total. The van der Waals surface area contributed by atoms with Gasteiger partial charge in [-0.1, -0.05) is 24.3 Å². The number of nitrogens with zero attached hydrogens (tertiary/aromatic N) is 5. The maximum absolute atomic E-state index is 13.0. The molecule has 2 aromatic carbocycles. The van der Waals surface area contributed by atoms with Crippen LogP contribution in [0.4, 0.5) is 5.69 Å². The Kier molecular flexibility index (Phi) is 5.13. The Bertz CT molecular complexity index is 1740. The molecule has 0 aliphatic heterocycles. The number of hydrogen-bond donors (Lipinski definition) is 2. The van der Waals surface area contributed by atoms with Gasteiger partial charge in [-0.3, -0.25) is 23.5 Å². The molecule has 11 heteroatoms. The van der Waals surface area contributed by atoms with Crippen molar-refractivity contribution in [3.05, 3.63) is 92.2 Å². The second kappa shape index (κ2) is 8.28. The van der Waals surface area contributed by atoms with Gasteiger partial charge in [-0.25, -0.2) is 14.5 Å². The molecule has 2 N–H and O–H groups in total. The van der Waals surface area contributed by atoms with Crippen molar-refractivity contribution >= 4 is 33.5 Å². The van der Waals surface area contributed by atoms with Gasteiger partial charge in [0.25, 0.3) is 11.1 Å². The fourth-order valence-corrected chi connectivity index (χ4v) is 3.93. The van der Waals surface area contributed by atoms with Crippen LogP contribution in [-0.2, 0) is 17.9 Å². The molecule has 0 bridgehead atoms. The Hall–Kier alpha value is -4.80. The Morgan fingerprint density at radius 1 is 1.00 bits per heavy atom. The first-order valence-electron chi connectivity index (χ1n) is 10.5. The Labute approximate surface area is 190 Å². The predicted molar refractivity (Wildman–Crippen MR) is 126 cm³/mol. The van der Waals surface area contributed by atoms with Crippen LogP contribution in [0.5, 0.6) is 0 Å². The highest BCUT2D eigenvalue weighted by molar-refractivity contribution is 5.94. The third-order valence-corrected chi connectivity index (χ3v) is 5.53. The molecular weight excluding hydrogens is 438 g/mol. The lowest BCUT2D eigenvalue weighted by Crippen LogP contribution is -2.41. The normalized spacial score (nSPS) is 11.2. The molecule has 0 saturated heterocycles. The van der Waals surface area contributed by atoms with Gasteiger partial charge in [0.2, 0.25) is 5.91 Å². The van der Waals surface area contributed by atoms with Gasteiger partial charge < -0.3 is 10.3 Å². The van der Waals surface area contributed by atoms with Crippen LogP contribution in [0, 0.1) is 0 Å². The summed E-state index contributed by atoms with van der Waals surface area (Å²) < 4.78 is 3.84. The van der Waals surface area contributed by atoms with Crippen molar-refractivity contribution in [1.82, 2.24) is 28.9 Å². The van der Waals surface area contributed by atoms with Gasteiger partial charge in [0.1, 0.15) is 11.9 Å².